The molecule has 0 radical (unpaired) electrons. The van der Waals surface area contributed by atoms with Gasteiger partial charge >= 0.3 is 0 Å². The Morgan fingerprint density at radius 3 is 2.77 bits per heavy atom. The van der Waals surface area contributed by atoms with Crippen molar-refractivity contribution in [2.45, 2.75) is 6.54 Å². The number of benzene rings is 2. The van der Waals surface area contributed by atoms with Crippen molar-refractivity contribution >= 4 is 34.4 Å². The van der Waals surface area contributed by atoms with Crippen LogP contribution in [0.3, 0.4) is 0 Å². The zero-order valence-corrected chi connectivity index (χ0v) is 15.4. The van der Waals surface area contributed by atoms with Gasteiger partial charge in [0.25, 0.3) is 5.91 Å². The van der Waals surface area contributed by atoms with Gasteiger partial charge in [0.1, 0.15) is 11.0 Å². The predicted octanol–water partition coefficient (Wildman–Crippen LogP) is 2.80. The molecule has 6 nitrogen and oxygen atoms in total. The SMILES string of the molecule is CN(Cc1ccc2nsnc2c1)C(=O)c1ccccc1N1CCOCC1. The minimum Gasteiger partial charge on any atom is -0.378 e. The van der Waals surface area contributed by atoms with Crippen LogP contribution in [0.2, 0.25) is 0 Å². The van der Waals surface area contributed by atoms with Gasteiger partial charge in [-0.2, -0.15) is 8.75 Å². The van der Waals surface area contributed by atoms with Gasteiger partial charge in [-0.1, -0.05) is 18.2 Å². The average Bonchev–Trinajstić information content (AvgIpc) is 3.16. The molecule has 1 saturated heterocycles. The molecule has 0 spiro atoms. The number of carbonyl (C=O) groups excluding carboxylic acids is 1. The van der Waals surface area contributed by atoms with E-state index in [0.717, 1.165) is 40.9 Å². The normalized spacial score (nSPS) is 14.6. The van der Waals surface area contributed by atoms with E-state index in [2.05, 4.69) is 13.6 Å². The Hall–Kier alpha value is -2.51. The van der Waals surface area contributed by atoms with Crippen LogP contribution in [0, 0.1) is 0 Å². The number of aromatic nitrogens is 2. The summed E-state index contributed by atoms with van der Waals surface area (Å²) in [7, 11) is 1.84. The number of para-hydroxylation sites is 1. The minimum atomic E-state index is 0.0172. The molecule has 0 N–H and O–H groups in total. The van der Waals surface area contributed by atoms with Crippen molar-refractivity contribution in [2.75, 3.05) is 38.3 Å². The maximum absolute atomic E-state index is 13.1. The van der Waals surface area contributed by atoms with Gasteiger partial charge in [-0.15, -0.1) is 0 Å². The third-order valence-corrected chi connectivity index (χ3v) is 5.13. The lowest BCUT2D eigenvalue weighted by molar-refractivity contribution is 0.0784. The minimum absolute atomic E-state index is 0.0172. The Morgan fingerprint density at radius 1 is 1.15 bits per heavy atom. The number of nitrogens with zero attached hydrogens (tertiary/aromatic N) is 4. The Morgan fingerprint density at radius 2 is 1.92 bits per heavy atom. The molecule has 2 heterocycles. The molecule has 0 atom stereocenters. The molecule has 0 aliphatic carbocycles. The summed E-state index contributed by atoms with van der Waals surface area (Å²) >= 11 is 1.21. The van der Waals surface area contributed by atoms with Gasteiger partial charge in [-0.25, -0.2) is 0 Å². The second kappa shape index (κ2) is 7.39. The third kappa shape index (κ3) is 3.40. The van der Waals surface area contributed by atoms with Crippen molar-refractivity contribution in [1.82, 2.24) is 13.6 Å². The van der Waals surface area contributed by atoms with Crippen LogP contribution in [0.4, 0.5) is 5.69 Å². The van der Waals surface area contributed by atoms with E-state index in [1.165, 1.54) is 11.7 Å². The van der Waals surface area contributed by atoms with Crippen LogP contribution in [0.5, 0.6) is 0 Å². The summed E-state index contributed by atoms with van der Waals surface area (Å²) in [5.41, 5.74) is 4.53. The molecule has 7 heteroatoms. The summed E-state index contributed by atoms with van der Waals surface area (Å²) in [5, 5.41) is 0. The second-order valence-electron chi connectivity index (χ2n) is 6.37. The fourth-order valence-corrected chi connectivity index (χ4v) is 3.73. The van der Waals surface area contributed by atoms with Crippen LogP contribution in [0.1, 0.15) is 15.9 Å². The van der Waals surface area contributed by atoms with Crippen LogP contribution in [-0.2, 0) is 11.3 Å². The zero-order valence-electron chi connectivity index (χ0n) is 14.6. The lowest BCUT2D eigenvalue weighted by Gasteiger charge is -2.31. The summed E-state index contributed by atoms with van der Waals surface area (Å²) in [4.78, 5) is 17.0. The first kappa shape index (κ1) is 16.9. The van der Waals surface area contributed by atoms with Gasteiger partial charge in [0.05, 0.1) is 30.5 Å². The van der Waals surface area contributed by atoms with E-state index in [4.69, 9.17) is 4.74 Å². The molecule has 1 aliphatic rings. The average molecular weight is 368 g/mol. The summed E-state index contributed by atoms with van der Waals surface area (Å²) in [6.07, 6.45) is 0. The summed E-state index contributed by atoms with van der Waals surface area (Å²) in [6.45, 7) is 3.53. The largest absolute Gasteiger partial charge is 0.378 e. The van der Waals surface area contributed by atoms with E-state index in [1.807, 2.05) is 49.5 Å². The maximum atomic E-state index is 13.1. The van der Waals surface area contributed by atoms with Gasteiger partial charge in [0, 0.05) is 32.4 Å². The number of carbonyl (C=O) groups is 1. The summed E-state index contributed by atoms with van der Waals surface area (Å²) < 4.78 is 13.9. The molecule has 2 aromatic carbocycles. The first-order chi connectivity index (χ1) is 12.7. The molecular weight excluding hydrogens is 348 g/mol. The van der Waals surface area contributed by atoms with Crippen molar-refractivity contribution < 1.29 is 9.53 Å². The molecule has 0 saturated carbocycles. The number of amides is 1. The van der Waals surface area contributed by atoms with Gasteiger partial charge in [0.2, 0.25) is 0 Å². The number of anilines is 1. The zero-order chi connectivity index (χ0) is 17.9. The van der Waals surface area contributed by atoms with Crippen LogP contribution < -0.4 is 4.90 Å². The molecule has 1 aliphatic heterocycles. The number of fused-ring (bicyclic) bond motifs is 1. The molecule has 134 valence electrons. The number of rotatable bonds is 4. The quantitative estimate of drug-likeness (QED) is 0.709. The first-order valence-electron chi connectivity index (χ1n) is 8.61. The lowest BCUT2D eigenvalue weighted by Crippen LogP contribution is -2.38. The molecule has 26 heavy (non-hydrogen) atoms. The van der Waals surface area contributed by atoms with Gasteiger partial charge in [-0.05, 0) is 29.8 Å². The molecule has 1 fully saturated rings. The number of morpholine rings is 1. The molecule has 1 amide bonds. The highest BCUT2D eigenvalue weighted by Crippen LogP contribution is 2.23. The predicted molar refractivity (Wildman–Crippen MR) is 103 cm³/mol. The number of hydrogen-bond donors (Lipinski definition) is 0. The van der Waals surface area contributed by atoms with Crippen LogP contribution in [-0.4, -0.2) is 52.9 Å². The molecule has 0 unspecified atom stereocenters. The van der Waals surface area contributed by atoms with Crippen molar-refractivity contribution in [2.24, 2.45) is 0 Å². The Labute approximate surface area is 156 Å². The first-order valence-corrected chi connectivity index (χ1v) is 9.34. The van der Waals surface area contributed by atoms with Gasteiger partial charge in [0.15, 0.2) is 0 Å². The second-order valence-corrected chi connectivity index (χ2v) is 6.89. The van der Waals surface area contributed by atoms with Crippen molar-refractivity contribution in [3.63, 3.8) is 0 Å². The standard InChI is InChI=1S/C19H20N4O2S/c1-22(13-14-6-7-16-17(12-14)21-26-20-16)19(24)15-4-2-3-5-18(15)23-8-10-25-11-9-23/h2-7,12H,8-11,13H2,1H3. The van der Waals surface area contributed by atoms with E-state index < -0.39 is 0 Å². The Bertz CT molecular complexity index is 921. The van der Waals surface area contributed by atoms with E-state index in [9.17, 15) is 4.79 Å². The summed E-state index contributed by atoms with van der Waals surface area (Å²) in [6, 6.07) is 13.8. The Balaban J connectivity index is 1.54. The van der Waals surface area contributed by atoms with Crippen molar-refractivity contribution in [1.29, 1.82) is 0 Å². The highest BCUT2D eigenvalue weighted by atomic mass is 32.1. The highest BCUT2D eigenvalue weighted by Gasteiger charge is 2.21. The molecule has 4 rings (SSSR count). The fraction of sp³-hybridized carbons (Fsp3) is 0.316. The number of ether oxygens (including phenoxy) is 1. The molecule has 3 aromatic rings. The van der Waals surface area contributed by atoms with Crippen LogP contribution in [0.25, 0.3) is 11.0 Å². The van der Waals surface area contributed by atoms with Crippen molar-refractivity contribution in [3.8, 4) is 0 Å². The van der Waals surface area contributed by atoms with Gasteiger partial charge < -0.3 is 14.5 Å². The van der Waals surface area contributed by atoms with E-state index in [1.54, 1.807) is 4.90 Å². The van der Waals surface area contributed by atoms with E-state index in [0.29, 0.717) is 19.8 Å². The summed E-state index contributed by atoms with van der Waals surface area (Å²) in [5.74, 6) is 0.0172. The van der Waals surface area contributed by atoms with Crippen LogP contribution >= 0.6 is 11.7 Å². The third-order valence-electron chi connectivity index (χ3n) is 4.57. The van der Waals surface area contributed by atoms with E-state index >= 15 is 0 Å². The van der Waals surface area contributed by atoms with E-state index in [-0.39, 0.29) is 5.91 Å². The van der Waals surface area contributed by atoms with Crippen molar-refractivity contribution in [3.05, 3.63) is 53.6 Å². The number of hydrogen-bond acceptors (Lipinski definition) is 6. The lowest BCUT2D eigenvalue weighted by atomic mass is 10.1. The highest BCUT2D eigenvalue weighted by molar-refractivity contribution is 7.00. The topological polar surface area (TPSA) is 58.6 Å². The molecule has 1 aromatic heterocycles. The fourth-order valence-electron chi connectivity index (χ4n) is 3.21. The maximum Gasteiger partial charge on any atom is 0.256 e. The molecule has 0 bridgehead atoms. The smallest absolute Gasteiger partial charge is 0.256 e. The Kier molecular flexibility index (Phi) is 4.81. The van der Waals surface area contributed by atoms with Gasteiger partial charge in [-0.3, -0.25) is 4.79 Å². The monoisotopic (exact) mass is 368 g/mol. The molecular formula is C19H20N4O2S. The van der Waals surface area contributed by atoms with Crippen LogP contribution in [0.15, 0.2) is 42.5 Å².